The van der Waals surface area contributed by atoms with Crippen LogP contribution in [0.2, 0.25) is 0 Å². The summed E-state index contributed by atoms with van der Waals surface area (Å²) in [5.41, 5.74) is 1.38. The molecule has 0 bridgehead atoms. The number of hydrogen-bond donors (Lipinski definition) is 1. The molecule has 0 unspecified atom stereocenters. The van der Waals surface area contributed by atoms with Crippen molar-refractivity contribution in [2.24, 2.45) is 0 Å². The number of Topliss-reactive ketones (excluding diaryl/α,β-unsaturated/α-hetero) is 1. The van der Waals surface area contributed by atoms with Crippen LogP contribution in [0.5, 0.6) is 5.75 Å². The summed E-state index contributed by atoms with van der Waals surface area (Å²) >= 11 is 1.59. The Hall–Kier alpha value is -2.80. The molecule has 6 nitrogen and oxygen atoms in total. The summed E-state index contributed by atoms with van der Waals surface area (Å²) in [4.78, 5) is 36.8. The summed E-state index contributed by atoms with van der Waals surface area (Å²) in [5.74, 6) is -0.464. The first-order valence-corrected chi connectivity index (χ1v) is 9.97. The molecule has 0 saturated heterocycles. The van der Waals surface area contributed by atoms with Crippen LogP contribution in [0.4, 0.5) is 0 Å². The molecule has 0 aromatic heterocycles. The smallest absolute Gasteiger partial charge is 0.306 e. The average molecular weight is 401 g/mol. The Bertz CT molecular complexity index is 820. The Morgan fingerprint density at radius 1 is 1.00 bits per heavy atom. The fraction of sp³-hybridized carbons (Fsp3) is 0.286. The second kappa shape index (κ2) is 11.1. The van der Waals surface area contributed by atoms with E-state index in [0.717, 1.165) is 10.5 Å². The topological polar surface area (TPSA) is 81.7 Å². The first-order valence-electron chi connectivity index (χ1n) is 8.75. The highest BCUT2D eigenvalue weighted by Crippen LogP contribution is 2.17. The number of ketones is 1. The molecule has 2 aromatic rings. The Kier molecular flexibility index (Phi) is 8.55. The molecule has 1 amide bonds. The Morgan fingerprint density at radius 3 is 2.39 bits per heavy atom. The van der Waals surface area contributed by atoms with Gasteiger partial charge in [0.25, 0.3) is 5.91 Å². The molecule has 0 saturated carbocycles. The van der Waals surface area contributed by atoms with Gasteiger partial charge >= 0.3 is 5.97 Å². The van der Waals surface area contributed by atoms with E-state index in [1.54, 1.807) is 37.1 Å². The van der Waals surface area contributed by atoms with E-state index in [9.17, 15) is 14.4 Å². The lowest BCUT2D eigenvalue weighted by molar-refractivity contribution is -0.148. The lowest BCUT2D eigenvalue weighted by Gasteiger charge is -2.10. The molecule has 2 rings (SSSR count). The third-order valence-corrected chi connectivity index (χ3v) is 4.74. The van der Waals surface area contributed by atoms with E-state index in [1.807, 2.05) is 36.6 Å². The number of carbonyl (C=O) groups is 3. The van der Waals surface area contributed by atoms with Crippen LogP contribution in [0.1, 0.15) is 28.8 Å². The van der Waals surface area contributed by atoms with Gasteiger partial charge in [-0.1, -0.05) is 30.3 Å². The van der Waals surface area contributed by atoms with Crippen LogP contribution in [-0.2, 0) is 20.9 Å². The van der Waals surface area contributed by atoms with Crippen LogP contribution >= 0.6 is 11.8 Å². The number of amides is 1. The zero-order valence-corrected chi connectivity index (χ0v) is 16.7. The molecule has 0 spiro atoms. The van der Waals surface area contributed by atoms with Crippen LogP contribution in [0.15, 0.2) is 53.4 Å². The van der Waals surface area contributed by atoms with E-state index in [-0.39, 0.29) is 31.8 Å². The minimum atomic E-state index is -0.582. The van der Waals surface area contributed by atoms with Gasteiger partial charge in [-0.2, -0.15) is 0 Å². The van der Waals surface area contributed by atoms with Crippen molar-refractivity contribution >= 4 is 29.4 Å². The van der Waals surface area contributed by atoms with E-state index in [1.165, 1.54) is 0 Å². The molecule has 0 aliphatic rings. The maximum absolute atomic E-state index is 12.1. The Labute approximate surface area is 168 Å². The largest absolute Gasteiger partial charge is 0.496 e. The number of hydrogen-bond acceptors (Lipinski definition) is 6. The van der Waals surface area contributed by atoms with E-state index in [4.69, 9.17) is 9.47 Å². The molecule has 7 heteroatoms. The highest BCUT2D eigenvalue weighted by Gasteiger charge is 2.12. The second-order valence-corrected chi connectivity index (χ2v) is 6.78. The number of methoxy groups -OCH3 is 1. The first kappa shape index (κ1) is 21.5. The number of benzene rings is 2. The first-order chi connectivity index (χ1) is 13.5. The molecular formula is C21H23NO5S. The molecule has 0 fully saturated rings. The summed E-state index contributed by atoms with van der Waals surface area (Å²) in [6, 6.07) is 14.5. The quantitative estimate of drug-likeness (QED) is 0.374. The van der Waals surface area contributed by atoms with E-state index in [0.29, 0.717) is 11.3 Å². The van der Waals surface area contributed by atoms with Gasteiger partial charge < -0.3 is 14.8 Å². The monoisotopic (exact) mass is 401 g/mol. The number of carbonyl (C=O) groups excluding carboxylic acids is 3. The lowest BCUT2D eigenvalue weighted by atomic mass is 10.1. The molecule has 0 radical (unpaired) electrons. The van der Waals surface area contributed by atoms with Gasteiger partial charge in [0.05, 0.1) is 13.5 Å². The van der Waals surface area contributed by atoms with E-state index < -0.39 is 11.9 Å². The van der Waals surface area contributed by atoms with Crippen molar-refractivity contribution in [3.63, 3.8) is 0 Å². The minimum absolute atomic E-state index is 0.0419. The van der Waals surface area contributed by atoms with Gasteiger partial charge in [0, 0.05) is 29.0 Å². The molecule has 0 aliphatic heterocycles. The molecule has 0 atom stereocenters. The average Bonchev–Trinajstić information content (AvgIpc) is 2.74. The number of esters is 1. The van der Waals surface area contributed by atoms with Crippen LogP contribution in [-0.4, -0.2) is 37.6 Å². The van der Waals surface area contributed by atoms with Crippen molar-refractivity contribution in [3.05, 3.63) is 59.7 Å². The Morgan fingerprint density at radius 2 is 1.71 bits per heavy atom. The highest BCUT2D eigenvalue weighted by atomic mass is 32.2. The number of thioether (sulfide) groups is 1. The normalized spacial score (nSPS) is 10.2. The SMILES string of the molecule is COc1ccccc1CNC(=O)COC(=O)CCC(=O)c1ccc(SC)cc1. The van der Waals surface area contributed by atoms with E-state index >= 15 is 0 Å². The molecule has 0 aliphatic carbocycles. The van der Waals surface area contributed by atoms with Crippen molar-refractivity contribution in [2.45, 2.75) is 24.3 Å². The zero-order chi connectivity index (χ0) is 20.4. The zero-order valence-electron chi connectivity index (χ0n) is 15.9. The fourth-order valence-corrected chi connectivity index (χ4v) is 2.86. The van der Waals surface area contributed by atoms with Crippen molar-refractivity contribution in [1.82, 2.24) is 5.32 Å². The van der Waals surface area contributed by atoms with Crippen molar-refractivity contribution in [2.75, 3.05) is 20.0 Å². The van der Waals surface area contributed by atoms with Gasteiger partial charge in [-0.15, -0.1) is 11.8 Å². The minimum Gasteiger partial charge on any atom is -0.496 e. The predicted octanol–water partition coefficient (Wildman–Crippen LogP) is 3.24. The third-order valence-electron chi connectivity index (χ3n) is 4.00. The summed E-state index contributed by atoms with van der Waals surface area (Å²) in [7, 11) is 1.56. The summed E-state index contributed by atoms with van der Waals surface area (Å²) in [5, 5.41) is 2.67. The maximum atomic E-state index is 12.1. The van der Waals surface area contributed by atoms with E-state index in [2.05, 4.69) is 5.32 Å². The summed E-state index contributed by atoms with van der Waals surface area (Å²) in [6.07, 6.45) is 1.93. The van der Waals surface area contributed by atoms with Crippen molar-refractivity contribution in [1.29, 1.82) is 0 Å². The molecule has 2 aromatic carbocycles. The number of rotatable bonds is 10. The number of ether oxygens (including phenoxy) is 2. The maximum Gasteiger partial charge on any atom is 0.306 e. The van der Waals surface area contributed by atoms with Crippen molar-refractivity contribution < 1.29 is 23.9 Å². The summed E-state index contributed by atoms with van der Waals surface area (Å²) in [6.45, 7) is -0.116. The number of nitrogens with one attached hydrogen (secondary N) is 1. The Balaban J connectivity index is 1.69. The molecule has 148 valence electrons. The fourth-order valence-electron chi connectivity index (χ4n) is 2.45. The van der Waals surface area contributed by atoms with Gasteiger partial charge in [-0.25, -0.2) is 0 Å². The van der Waals surface area contributed by atoms with Gasteiger partial charge in [-0.3, -0.25) is 14.4 Å². The highest BCUT2D eigenvalue weighted by molar-refractivity contribution is 7.98. The lowest BCUT2D eigenvalue weighted by Crippen LogP contribution is -2.28. The molecule has 28 heavy (non-hydrogen) atoms. The summed E-state index contributed by atoms with van der Waals surface area (Å²) < 4.78 is 10.1. The van der Waals surface area contributed by atoms with Gasteiger partial charge in [0.2, 0.25) is 0 Å². The number of para-hydroxylation sites is 1. The van der Waals surface area contributed by atoms with Crippen LogP contribution in [0.3, 0.4) is 0 Å². The van der Waals surface area contributed by atoms with Gasteiger partial charge in [0.1, 0.15) is 5.75 Å². The predicted molar refractivity (Wildman–Crippen MR) is 108 cm³/mol. The van der Waals surface area contributed by atoms with Crippen molar-refractivity contribution in [3.8, 4) is 5.75 Å². The van der Waals surface area contributed by atoms with Crippen LogP contribution < -0.4 is 10.1 Å². The molecular weight excluding hydrogens is 378 g/mol. The van der Waals surface area contributed by atoms with Crippen LogP contribution in [0.25, 0.3) is 0 Å². The van der Waals surface area contributed by atoms with Gasteiger partial charge in [0.15, 0.2) is 12.4 Å². The standard InChI is InChI=1S/C21H23NO5S/c1-26-19-6-4-3-5-16(19)13-22-20(24)14-27-21(25)12-11-18(23)15-7-9-17(28-2)10-8-15/h3-10H,11-14H2,1-2H3,(H,22,24). The third kappa shape index (κ3) is 6.74. The molecule has 0 heterocycles. The second-order valence-electron chi connectivity index (χ2n) is 5.90. The molecule has 1 N–H and O–H groups in total. The van der Waals surface area contributed by atoms with Crippen LogP contribution in [0, 0.1) is 0 Å². The van der Waals surface area contributed by atoms with Gasteiger partial charge in [-0.05, 0) is 24.5 Å².